The summed E-state index contributed by atoms with van der Waals surface area (Å²) in [5, 5.41) is 2.82. The van der Waals surface area contributed by atoms with Crippen LogP contribution in [-0.2, 0) is 4.79 Å². The Balaban J connectivity index is 2.32. The topological polar surface area (TPSA) is 52.7 Å². The molecule has 1 saturated heterocycles. The van der Waals surface area contributed by atoms with Gasteiger partial charge in [0.1, 0.15) is 0 Å². The molecule has 1 aliphatic heterocycles. The molecule has 0 atom stereocenters. The SMILES string of the molecule is CCC(=O)Nc1ccc(N(C)C)c(C(=O)N2CCCC2)c1. The van der Waals surface area contributed by atoms with Crippen LogP contribution in [0.5, 0.6) is 0 Å². The average Bonchev–Trinajstić information content (AvgIpc) is 3.00. The molecule has 0 aliphatic carbocycles. The summed E-state index contributed by atoms with van der Waals surface area (Å²) in [6, 6.07) is 5.50. The third kappa shape index (κ3) is 3.54. The first-order valence-corrected chi connectivity index (χ1v) is 7.43. The first-order chi connectivity index (χ1) is 10.0. The lowest BCUT2D eigenvalue weighted by Gasteiger charge is -2.22. The van der Waals surface area contributed by atoms with E-state index in [0.717, 1.165) is 31.6 Å². The molecular formula is C16H23N3O2. The normalized spacial score (nSPS) is 14.1. The van der Waals surface area contributed by atoms with Gasteiger partial charge in [0.2, 0.25) is 5.91 Å². The zero-order valence-corrected chi connectivity index (χ0v) is 13.0. The Labute approximate surface area is 125 Å². The maximum absolute atomic E-state index is 12.7. The molecule has 1 heterocycles. The van der Waals surface area contributed by atoms with Crippen molar-refractivity contribution in [3.8, 4) is 0 Å². The summed E-state index contributed by atoms with van der Waals surface area (Å²) >= 11 is 0. The molecule has 5 nitrogen and oxygen atoms in total. The lowest BCUT2D eigenvalue weighted by atomic mass is 10.1. The number of benzene rings is 1. The summed E-state index contributed by atoms with van der Waals surface area (Å²) < 4.78 is 0. The Bertz CT molecular complexity index is 534. The van der Waals surface area contributed by atoms with Gasteiger partial charge in [0, 0.05) is 45.0 Å². The predicted molar refractivity (Wildman–Crippen MR) is 84.8 cm³/mol. The molecule has 2 amide bonds. The molecule has 1 fully saturated rings. The standard InChI is InChI=1S/C16H23N3O2/c1-4-15(20)17-12-7-8-14(18(2)3)13(11-12)16(21)19-9-5-6-10-19/h7-8,11H,4-6,9-10H2,1-3H3,(H,17,20). The maximum atomic E-state index is 12.7. The van der Waals surface area contributed by atoms with Gasteiger partial charge < -0.3 is 15.1 Å². The molecular weight excluding hydrogens is 266 g/mol. The number of carbonyl (C=O) groups excluding carboxylic acids is 2. The lowest BCUT2D eigenvalue weighted by Crippen LogP contribution is -2.29. The van der Waals surface area contributed by atoms with Crippen LogP contribution in [0.25, 0.3) is 0 Å². The molecule has 1 N–H and O–H groups in total. The van der Waals surface area contributed by atoms with Gasteiger partial charge in [-0.3, -0.25) is 9.59 Å². The van der Waals surface area contributed by atoms with Crippen molar-refractivity contribution in [2.24, 2.45) is 0 Å². The monoisotopic (exact) mass is 289 g/mol. The number of hydrogen-bond donors (Lipinski definition) is 1. The van der Waals surface area contributed by atoms with Crippen molar-refractivity contribution in [2.75, 3.05) is 37.4 Å². The van der Waals surface area contributed by atoms with Crippen LogP contribution in [-0.4, -0.2) is 43.9 Å². The minimum Gasteiger partial charge on any atom is -0.377 e. The smallest absolute Gasteiger partial charge is 0.256 e. The predicted octanol–water partition coefficient (Wildman–Crippen LogP) is 2.34. The summed E-state index contributed by atoms with van der Waals surface area (Å²) in [6.07, 6.45) is 2.55. The third-order valence-electron chi connectivity index (χ3n) is 3.71. The first-order valence-electron chi connectivity index (χ1n) is 7.43. The fourth-order valence-corrected chi connectivity index (χ4v) is 2.52. The number of rotatable bonds is 4. The largest absolute Gasteiger partial charge is 0.377 e. The van der Waals surface area contributed by atoms with Crippen molar-refractivity contribution in [1.82, 2.24) is 4.90 Å². The van der Waals surface area contributed by atoms with Crippen molar-refractivity contribution in [1.29, 1.82) is 0 Å². The molecule has 114 valence electrons. The van der Waals surface area contributed by atoms with Crippen LogP contribution < -0.4 is 10.2 Å². The van der Waals surface area contributed by atoms with Crippen LogP contribution in [0.2, 0.25) is 0 Å². The Morgan fingerprint density at radius 2 is 1.90 bits per heavy atom. The molecule has 1 aromatic rings. The minimum absolute atomic E-state index is 0.0452. The van der Waals surface area contributed by atoms with E-state index in [9.17, 15) is 9.59 Å². The molecule has 1 aliphatic rings. The van der Waals surface area contributed by atoms with Crippen molar-refractivity contribution in [3.63, 3.8) is 0 Å². The van der Waals surface area contributed by atoms with Gasteiger partial charge in [0.15, 0.2) is 0 Å². The van der Waals surface area contributed by atoms with E-state index >= 15 is 0 Å². The number of carbonyl (C=O) groups is 2. The summed E-state index contributed by atoms with van der Waals surface area (Å²) in [7, 11) is 3.83. The number of likely N-dealkylation sites (tertiary alicyclic amines) is 1. The van der Waals surface area contributed by atoms with Crippen LogP contribution >= 0.6 is 0 Å². The minimum atomic E-state index is -0.0489. The van der Waals surface area contributed by atoms with Crippen LogP contribution in [0.4, 0.5) is 11.4 Å². The fraction of sp³-hybridized carbons (Fsp3) is 0.500. The van der Waals surface area contributed by atoms with Gasteiger partial charge in [0.25, 0.3) is 5.91 Å². The Morgan fingerprint density at radius 1 is 1.24 bits per heavy atom. The second-order valence-corrected chi connectivity index (χ2v) is 5.53. The number of anilines is 2. The summed E-state index contributed by atoms with van der Waals surface area (Å²) in [5.41, 5.74) is 2.20. The van der Waals surface area contributed by atoms with Gasteiger partial charge in [-0.05, 0) is 31.0 Å². The highest BCUT2D eigenvalue weighted by Crippen LogP contribution is 2.26. The summed E-state index contributed by atoms with van der Waals surface area (Å²) in [5.74, 6) is -0.00373. The van der Waals surface area contributed by atoms with Crippen LogP contribution in [0.1, 0.15) is 36.5 Å². The zero-order chi connectivity index (χ0) is 15.4. The highest BCUT2D eigenvalue weighted by atomic mass is 16.2. The molecule has 1 aromatic carbocycles. The molecule has 2 rings (SSSR count). The van der Waals surface area contributed by atoms with Crippen molar-refractivity contribution in [3.05, 3.63) is 23.8 Å². The zero-order valence-electron chi connectivity index (χ0n) is 13.0. The molecule has 5 heteroatoms. The van der Waals surface area contributed by atoms with E-state index < -0.39 is 0 Å². The Hall–Kier alpha value is -2.04. The third-order valence-corrected chi connectivity index (χ3v) is 3.71. The van der Waals surface area contributed by atoms with Gasteiger partial charge in [-0.25, -0.2) is 0 Å². The number of nitrogens with one attached hydrogen (secondary N) is 1. The van der Waals surface area contributed by atoms with Crippen LogP contribution in [0.15, 0.2) is 18.2 Å². The lowest BCUT2D eigenvalue weighted by molar-refractivity contribution is -0.115. The van der Waals surface area contributed by atoms with E-state index in [4.69, 9.17) is 0 Å². The molecule has 0 bridgehead atoms. The number of amides is 2. The molecule has 0 aromatic heterocycles. The molecule has 21 heavy (non-hydrogen) atoms. The second-order valence-electron chi connectivity index (χ2n) is 5.53. The van der Waals surface area contributed by atoms with E-state index in [1.165, 1.54) is 0 Å². The van der Waals surface area contributed by atoms with E-state index in [0.29, 0.717) is 17.7 Å². The quantitative estimate of drug-likeness (QED) is 0.925. The summed E-state index contributed by atoms with van der Waals surface area (Å²) in [6.45, 7) is 3.44. The average molecular weight is 289 g/mol. The van der Waals surface area contributed by atoms with Crippen molar-refractivity contribution >= 4 is 23.2 Å². The number of nitrogens with zero attached hydrogens (tertiary/aromatic N) is 2. The molecule has 0 spiro atoms. The Kier molecular flexibility index (Phi) is 4.83. The number of hydrogen-bond acceptors (Lipinski definition) is 3. The highest BCUT2D eigenvalue weighted by Gasteiger charge is 2.23. The van der Waals surface area contributed by atoms with E-state index in [1.807, 2.05) is 36.0 Å². The maximum Gasteiger partial charge on any atom is 0.256 e. The van der Waals surface area contributed by atoms with Crippen LogP contribution in [0.3, 0.4) is 0 Å². The van der Waals surface area contributed by atoms with Gasteiger partial charge in [-0.2, -0.15) is 0 Å². The van der Waals surface area contributed by atoms with E-state index in [-0.39, 0.29) is 11.8 Å². The molecule has 0 unspecified atom stereocenters. The first kappa shape index (κ1) is 15.4. The second kappa shape index (κ2) is 6.61. The van der Waals surface area contributed by atoms with E-state index in [2.05, 4.69) is 5.32 Å². The molecule has 0 saturated carbocycles. The van der Waals surface area contributed by atoms with E-state index in [1.54, 1.807) is 13.0 Å². The van der Waals surface area contributed by atoms with Gasteiger partial charge in [-0.1, -0.05) is 6.92 Å². The van der Waals surface area contributed by atoms with Crippen molar-refractivity contribution < 1.29 is 9.59 Å². The Morgan fingerprint density at radius 3 is 2.48 bits per heavy atom. The van der Waals surface area contributed by atoms with Crippen molar-refractivity contribution in [2.45, 2.75) is 26.2 Å². The van der Waals surface area contributed by atoms with Gasteiger partial charge >= 0.3 is 0 Å². The van der Waals surface area contributed by atoms with Gasteiger partial charge in [0.05, 0.1) is 5.56 Å². The van der Waals surface area contributed by atoms with Crippen LogP contribution in [0, 0.1) is 0 Å². The highest BCUT2D eigenvalue weighted by molar-refractivity contribution is 6.02. The van der Waals surface area contributed by atoms with Gasteiger partial charge in [-0.15, -0.1) is 0 Å². The fourth-order valence-electron chi connectivity index (χ4n) is 2.52. The summed E-state index contributed by atoms with van der Waals surface area (Å²) in [4.78, 5) is 28.0. The molecule has 0 radical (unpaired) electrons.